The largest absolute Gasteiger partial charge is 0.378 e. The fraction of sp³-hybridized carbons (Fsp3) is 0.346. The third-order valence-corrected chi connectivity index (χ3v) is 6.30. The summed E-state index contributed by atoms with van der Waals surface area (Å²) in [6.45, 7) is 9.91. The molecule has 1 amide bonds. The molecule has 1 aliphatic heterocycles. The van der Waals surface area contributed by atoms with E-state index in [1.54, 1.807) is 40.2 Å². The number of amides is 1. The predicted molar refractivity (Wildman–Crippen MR) is 133 cm³/mol. The summed E-state index contributed by atoms with van der Waals surface area (Å²) in [4.78, 5) is 19.5. The highest BCUT2D eigenvalue weighted by atomic mass is 19.1. The molecule has 5 rings (SSSR count). The molecule has 0 bridgehead atoms. The maximum absolute atomic E-state index is 15.0. The van der Waals surface area contributed by atoms with Gasteiger partial charge in [0, 0.05) is 13.1 Å². The summed E-state index contributed by atoms with van der Waals surface area (Å²) in [5.41, 5.74) is 2.17. The molecule has 0 atom stereocenters. The number of carbonyl (C=O) groups is 1. The lowest BCUT2D eigenvalue weighted by atomic mass is 9.97. The van der Waals surface area contributed by atoms with E-state index in [1.807, 2.05) is 16.5 Å². The lowest BCUT2D eigenvalue weighted by Crippen LogP contribution is -2.37. The maximum Gasteiger partial charge on any atom is 0.258 e. The molecule has 0 unspecified atom stereocenters. The van der Waals surface area contributed by atoms with Crippen LogP contribution < -0.4 is 10.2 Å². The van der Waals surface area contributed by atoms with E-state index in [0.717, 1.165) is 30.0 Å². The van der Waals surface area contributed by atoms with Crippen molar-refractivity contribution >= 4 is 22.9 Å². The van der Waals surface area contributed by atoms with Gasteiger partial charge in [0.2, 0.25) is 5.95 Å². The zero-order chi connectivity index (χ0) is 25.6. The minimum absolute atomic E-state index is 0.105. The number of ether oxygens (including phenoxy) is 1. The molecule has 188 valence electrons. The van der Waals surface area contributed by atoms with Gasteiger partial charge in [0.1, 0.15) is 23.6 Å². The molecule has 36 heavy (non-hydrogen) atoms. The number of nitrogens with zero attached hydrogens (tertiary/aromatic N) is 5. The number of anilines is 2. The van der Waals surface area contributed by atoms with Gasteiger partial charge in [0.05, 0.1) is 42.2 Å². The fourth-order valence-electron chi connectivity index (χ4n) is 4.44. The first-order chi connectivity index (χ1) is 17.1. The Morgan fingerprint density at radius 1 is 1.08 bits per heavy atom. The number of benzene rings is 1. The van der Waals surface area contributed by atoms with Gasteiger partial charge in [-0.3, -0.25) is 9.20 Å². The van der Waals surface area contributed by atoms with Gasteiger partial charge in [-0.05, 0) is 68.7 Å². The molecule has 0 saturated carbocycles. The minimum Gasteiger partial charge on any atom is -0.378 e. The van der Waals surface area contributed by atoms with Crippen LogP contribution in [0.25, 0.3) is 16.6 Å². The first-order valence-corrected chi connectivity index (χ1v) is 11.8. The smallest absolute Gasteiger partial charge is 0.258 e. The lowest BCUT2D eigenvalue weighted by Gasteiger charge is -2.30. The second kappa shape index (κ2) is 9.02. The Balaban J connectivity index is 1.53. The van der Waals surface area contributed by atoms with Crippen molar-refractivity contribution < 1.29 is 18.3 Å². The minimum atomic E-state index is -0.750. The van der Waals surface area contributed by atoms with E-state index in [4.69, 9.17) is 4.74 Å². The third kappa shape index (κ3) is 4.32. The van der Waals surface area contributed by atoms with Crippen LogP contribution in [0.3, 0.4) is 0 Å². The van der Waals surface area contributed by atoms with E-state index in [-0.39, 0.29) is 11.3 Å². The molecule has 1 N–H and O–H groups in total. The van der Waals surface area contributed by atoms with Crippen molar-refractivity contribution in [3.63, 3.8) is 0 Å². The second-order valence-corrected chi connectivity index (χ2v) is 9.92. The molecule has 3 aromatic heterocycles. The summed E-state index contributed by atoms with van der Waals surface area (Å²) in [6.07, 6.45) is 4.75. The fourth-order valence-corrected chi connectivity index (χ4v) is 4.44. The number of pyridine rings is 1. The normalized spacial score (nSPS) is 14.4. The molecule has 4 aromatic rings. The van der Waals surface area contributed by atoms with Gasteiger partial charge in [0.25, 0.3) is 5.91 Å². The van der Waals surface area contributed by atoms with E-state index in [2.05, 4.69) is 20.3 Å². The predicted octanol–water partition coefficient (Wildman–Crippen LogP) is 4.63. The summed E-state index contributed by atoms with van der Waals surface area (Å²) >= 11 is 0. The Labute approximate surface area is 207 Å². The second-order valence-electron chi connectivity index (χ2n) is 9.92. The number of nitrogens with one attached hydrogen (secondary N) is 1. The maximum atomic E-state index is 15.0. The standard InChI is InChI=1S/C26H28F2N6O2/c1-16-9-21(27)20(25(35)31-22-14-30-34(24(22)28)26(2,3)4)12-19(16)17-10-18-13-29-15-33(18)23(11-17)32-5-7-36-8-6-32/h9-15H,5-8H2,1-4H3,(H,31,35). The first kappa shape index (κ1) is 23.9. The van der Waals surface area contributed by atoms with Gasteiger partial charge in [-0.25, -0.2) is 14.1 Å². The van der Waals surface area contributed by atoms with Gasteiger partial charge in [-0.2, -0.15) is 9.49 Å². The Kier molecular flexibility index (Phi) is 5.99. The Morgan fingerprint density at radius 3 is 2.53 bits per heavy atom. The summed E-state index contributed by atoms with van der Waals surface area (Å²) < 4.78 is 38.4. The summed E-state index contributed by atoms with van der Waals surface area (Å²) in [6, 6.07) is 6.80. The number of halogens is 2. The van der Waals surface area contributed by atoms with Crippen LogP contribution in [0.1, 0.15) is 36.7 Å². The average molecular weight is 495 g/mol. The number of imidazole rings is 1. The molecule has 0 spiro atoms. The van der Waals surface area contributed by atoms with Crippen molar-refractivity contribution in [3.8, 4) is 11.1 Å². The van der Waals surface area contributed by atoms with E-state index >= 15 is 0 Å². The number of morpholine rings is 1. The molecular formula is C26H28F2N6O2. The number of fused-ring (bicyclic) bond motifs is 1. The highest BCUT2D eigenvalue weighted by Crippen LogP contribution is 2.32. The van der Waals surface area contributed by atoms with Gasteiger partial charge < -0.3 is 15.0 Å². The molecular weight excluding hydrogens is 466 g/mol. The summed E-state index contributed by atoms with van der Waals surface area (Å²) in [5, 5.41) is 6.50. The van der Waals surface area contributed by atoms with Crippen LogP contribution in [0.4, 0.5) is 20.3 Å². The Bertz CT molecular complexity index is 1450. The molecule has 8 nitrogen and oxygen atoms in total. The van der Waals surface area contributed by atoms with Gasteiger partial charge >= 0.3 is 0 Å². The van der Waals surface area contributed by atoms with Crippen molar-refractivity contribution in [3.05, 3.63) is 65.9 Å². The summed E-state index contributed by atoms with van der Waals surface area (Å²) in [7, 11) is 0. The van der Waals surface area contributed by atoms with E-state index < -0.39 is 23.2 Å². The quantitative estimate of drug-likeness (QED) is 0.448. The SMILES string of the molecule is Cc1cc(F)c(C(=O)Nc2cnn(C(C)(C)C)c2F)cc1-c1cc(N2CCOCC2)n2cncc2c1. The van der Waals surface area contributed by atoms with Crippen molar-refractivity contribution in [2.75, 3.05) is 36.5 Å². The monoisotopic (exact) mass is 494 g/mol. The van der Waals surface area contributed by atoms with Crippen molar-refractivity contribution in [2.45, 2.75) is 33.2 Å². The molecule has 1 aliphatic rings. The first-order valence-electron chi connectivity index (χ1n) is 11.8. The van der Waals surface area contributed by atoms with Crippen LogP contribution in [0.5, 0.6) is 0 Å². The molecule has 1 saturated heterocycles. The highest BCUT2D eigenvalue weighted by Gasteiger charge is 2.24. The Morgan fingerprint density at radius 2 is 1.83 bits per heavy atom. The molecule has 1 aromatic carbocycles. The number of aromatic nitrogens is 4. The Hall–Kier alpha value is -3.79. The van der Waals surface area contributed by atoms with Crippen LogP contribution in [-0.4, -0.2) is 51.4 Å². The number of hydrogen-bond donors (Lipinski definition) is 1. The van der Waals surface area contributed by atoms with E-state index in [9.17, 15) is 13.6 Å². The van der Waals surface area contributed by atoms with Crippen LogP contribution in [-0.2, 0) is 10.3 Å². The number of aryl methyl sites for hydroxylation is 1. The molecule has 0 radical (unpaired) electrons. The van der Waals surface area contributed by atoms with Gasteiger partial charge in [-0.15, -0.1) is 0 Å². The highest BCUT2D eigenvalue weighted by molar-refractivity contribution is 6.05. The van der Waals surface area contributed by atoms with Crippen LogP contribution >= 0.6 is 0 Å². The zero-order valence-electron chi connectivity index (χ0n) is 20.7. The molecule has 0 aliphatic carbocycles. The van der Waals surface area contributed by atoms with Crippen LogP contribution in [0, 0.1) is 18.7 Å². The van der Waals surface area contributed by atoms with Crippen molar-refractivity contribution in [2.24, 2.45) is 0 Å². The van der Waals surface area contributed by atoms with Gasteiger partial charge in [0.15, 0.2) is 0 Å². The van der Waals surface area contributed by atoms with Crippen molar-refractivity contribution in [1.29, 1.82) is 0 Å². The van der Waals surface area contributed by atoms with Crippen LogP contribution in [0.15, 0.2) is 43.0 Å². The number of hydrogen-bond acceptors (Lipinski definition) is 5. The molecule has 1 fully saturated rings. The van der Waals surface area contributed by atoms with E-state index in [1.165, 1.54) is 23.0 Å². The summed E-state index contributed by atoms with van der Waals surface area (Å²) in [5.74, 6) is -1.18. The average Bonchev–Trinajstić information content (AvgIpc) is 3.45. The van der Waals surface area contributed by atoms with E-state index in [0.29, 0.717) is 24.3 Å². The number of carbonyl (C=O) groups excluding carboxylic acids is 1. The third-order valence-electron chi connectivity index (χ3n) is 6.30. The number of rotatable bonds is 4. The lowest BCUT2D eigenvalue weighted by molar-refractivity contribution is 0.102. The molecule has 4 heterocycles. The zero-order valence-corrected chi connectivity index (χ0v) is 20.7. The molecule has 10 heteroatoms. The van der Waals surface area contributed by atoms with Crippen LogP contribution in [0.2, 0.25) is 0 Å². The topological polar surface area (TPSA) is 76.7 Å². The van der Waals surface area contributed by atoms with Gasteiger partial charge in [-0.1, -0.05) is 0 Å². The van der Waals surface area contributed by atoms with Crippen molar-refractivity contribution in [1.82, 2.24) is 19.2 Å².